The molecule has 1 aliphatic heterocycles. The molecule has 3 rings (SSSR count). The molecule has 2 aromatic rings. The van der Waals surface area contributed by atoms with Gasteiger partial charge in [-0.1, -0.05) is 26.8 Å². The van der Waals surface area contributed by atoms with Crippen molar-refractivity contribution in [2.24, 2.45) is 5.41 Å². The van der Waals surface area contributed by atoms with E-state index in [9.17, 15) is 8.78 Å². The summed E-state index contributed by atoms with van der Waals surface area (Å²) in [6, 6.07) is 4.15. The highest BCUT2D eigenvalue weighted by Gasteiger charge is 2.34. The molecule has 0 radical (unpaired) electrons. The predicted molar refractivity (Wildman–Crippen MR) is 75.6 cm³/mol. The molecule has 0 aliphatic carbocycles. The summed E-state index contributed by atoms with van der Waals surface area (Å²) in [5.41, 5.74) is 0.117. The third-order valence-electron chi connectivity index (χ3n) is 3.78. The zero-order valence-electron chi connectivity index (χ0n) is 12.3. The van der Waals surface area contributed by atoms with Crippen LogP contribution in [0.1, 0.15) is 32.6 Å². The number of fused-ring (bicyclic) bond motifs is 1. The number of aromatic nitrogens is 3. The molecule has 1 aliphatic rings. The van der Waals surface area contributed by atoms with Crippen LogP contribution in [-0.2, 0) is 6.54 Å². The van der Waals surface area contributed by atoms with Crippen molar-refractivity contribution < 1.29 is 8.78 Å². The average molecular weight is 292 g/mol. The highest BCUT2D eigenvalue weighted by molar-refractivity contribution is 5.56. The van der Waals surface area contributed by atoms with Crippen LogP contribution in [0.25, 0.3) is 11.4 Å². The molecule has 0 spiro atoms. The third-order valence-corrected chi connectivity index (χ3v) is 3.78. The number of halogens is 2. The molecule has 0 saturated carbocycles. The highest BCUT2D eigenvalue weighted by atomic mass is 19.2. The average Bonchev–Trinajstić information content (AvgIpc) is 2.84. The molecular formula is C15H18F2N4. The lowest BCUT2D eigenvalue weighted by Crippen LogP contribution is -2.40. The maximum absolute atomic E-state index is 14.0. The Kier molecular flexibility index (Phi) is 3.28. The maximum atomic E-state index is 14.0. The Hall–Kier alpha value is -1.82. The van der Waals surface area contributed by atoms with E-state index in [1.54, 1.807) is 0 Å². The van der Waals surface area contributed by atoms with Crippen molar-refractivity contribution in [1.29, 1.82) is 0 Å². The van der Waals surface area contributed by atoms with E-state index < -0.39 is 11.6 Å². The molecule has 1 atom stereocenters. The maximum Gasteiger partial charge on any atom is 0.169 e. The topological polar surface area (TPSA) is 42.7 Å². The number of rotatable bonds is 1. The summed E-state index contributed by atoms with van der Waals surface area (Å²) in [7, 11) is 0. The predicted octanol–water partition coefficient (Wildman–Crippen LogP) is 2.91. The Morgan fingerprint density at radius 2 is 2.00 bits per heavy atom. The van der Waals surface area contributed by atoms with Gasteiger partial charge in [0.2, 0.25) is 0 Å². The summed E-state index contributed by atoms with van der Waals surface area (Å²) in [6.45, 7) is 7.71. The van der Waals surface area contributed by atoms with Crippen LogP contribution in [-0.4, -0.2) is 21.3 Å². The van der Waals surface area contributed by atoms with E-state index in [0.717, 1.165) is 18.4 Å². The first kappa shape index (κ1) is 14.1. The minimum atomic E-state index is -0.876. The fourth-order valence-electron chi connectivity index (χ4n) is 2.73. The van der Waals surface area contributed by atoms with Gasteiger partial charge < -0.3 is 9.88 Å². The van der Waals surface area contributed by atoms with Gasteiger partial charge in [0.25, 0.3) is 0 Å². The second-order valence-corrected chi connectivity index (χ2v) is 6.39. The molecular weight excluding hydrogens is 274 g/mol. The molecule has 0 bridgehead atoms. The second kappa shape index (κ2) is 4.87. The van der Waals surface area contributed by atoms with Gasteiger partial charge in [0.1, 0.15) is 0 Å². The molecule has 1 N–H and O–H groups in total. The smallest absolute Gasteiger partial charge is 0.169 e. The Labute approximate surface area is 122 Å². The normalized spacial score (nSPS) is 18.6. The molecule has 0 amide bonds. The monoisotopic (exact) mass is 292 g/mol. The molecule has 6 heteroatoms. The van der Waals surface area contributed by atoms with E-state index in [1.165, 1.54) is 12.1 Å². The van der Waals surface area contributed by atoms with E-state index in [0.29, 0.717) is 12.4 Å². The summed E-state index contributed by atoms with van der Waals surface area (Å²) in [4.78, 5) is 0. The van der Waals surface area contributed by atoms with Crippen molar-refractivity contribution in [1.82, 2.24) is 20.1 Å². The van der Waals surface area contributed by atoms with Crippen LogP contribution < -0.4 is 5.32 Å². The first-order valence-corrected chi connectivity index (χ1v) is 7.00. The van der Waals surface area contributed by atoms with Crippen molar-refractivity contribution >= 4 is 0 Å². The summed E-state index contributed by atoms with van der Waals surface area (Å²) in [6.07, 6.45) is 0. The lowest BCUT2D eigenvalue weighted by molar-refractivity contribution is 0.233. The van der Waals surface area contributed by atoms with E-state index in [-0.39, 0.29) is 17.0 Å². The number of hydrogen-bond donors (Lipinski definition) is 1. The van der Waals surface area contributed by atoms with E-state index >= 15 is 0 Å². The van der Waals surface area contributed by atoms with Gasteiger partial charge in [-0.2, -0.15) is 0 Å². The number of hydrogen-bond acceptors (Lipinski definition) is 3. The Morgan fingerprint density at radius 1 is 1.24 bits per heavy atom. The van der Waals surface area contributed by atoms with Crippen LogP contribution in [0, 0.1) is 17.0 Å². The quantitative estimate of drug-likeness (QED) is 0.879. The van der Waals surface area contributed by atoms with Gasteiger partial charge in [-0.3, -0.25) is 0 Å². The molecule has 1 unspecified atom stereocenters. The van der Waals surface area contributed by atoms with Gasteiger partial charge in [-0.25, -0.2) is 8.78 Å². The number of nitrogens with one attached hydrogen (secondary N) is 1. The van der Waals surface area contributed by atoms with Crippen molar-refractivity contribution in [3.05, 3.63) is 35.7 Å². The number of benzene rings is 1. The van der Waals surface area contributed by atoms with Crippen LogP contribution in [0.15, 0.2) is 18.2 Å². The van der Waals surface area contributed by atoms with Gasteiger partial charge >= 0.3 is 0 Å². The van der Waals surface area contributed by atoms with E-state index in [4.69, 9.17) is 0 Å². The molecule has 0 saturated heterocycles. The van der Waals surface area contributed by atoms with Crippen molar-refractivity contribution in [2.45, 2.75) is 33.4 Å². The first-order chi connectivity index (χ1) is 9.89. The van der Waals surface area contributed by atoms with Gasteiger partial charge in [0, 0.05) is 13.1 Å². The molecule has 4 nitrogen and oxygen atoms in total. The first-order valence-electron chi connectivity index (χ1n) is 7.00. The van der Waals surface area contributed by atoms with Crippen LogP contribution in [0.2, 0.25) is 0 Å². The van der Waals surface area contributed by atoms with E-state index in [2.05, 4.69) is 36.3 Å². The Morgan fingerprint density at radius 3 is 2.71 bits per heavy atom. The van der Waals surface area contributed by atoms with Gasteiger partial charge in [-0.05, 0) is 17.5 Å². The summed E-state index contributed by atoms with van der Waals surface area (Å²) < 4.78 is 29.3. The third kappa shape index (κ3) is 2.33. The van der Waals surface area contributed by atoms with Crippen LogP contribution in [0.3, 0.4) is 0 Å². The van der Waals surface area contributed by atoms with Gasteiger partial charge in [-0.15, -0.1) is 10.2 Å². The van der Waals surface area contributed by atoms with Gasteiger partial charge in [0.05, 0.1) is 11.6 Å². The van der Waals surface area contributed by atoms with Crippen LogP contribution >= 0.6 is 0 Å². The summed E-state index contributed by atoms with van der Waals surface area (Å²) >= 11 is 0. The lowest BCUT2D eigenvalue weighted by atomic mass is 9.85. The Bertz CT molecular complexity index is 673. The molecule has 1 aromatic carbocycles. The summed E-state index contributed by atoms with van der Waals surface area (Å²) in [5.74, 6) is -0.588. The molecule has 2 heterocycles. The SMILES string of the molecule is CC(C)(C)C1NCCn2c(-c3cccc(F)c3F)nnc21. The van der Waals surface area contributed by atoms with E-state index in [1.807, 2.05) is 4.57 Å². The summed E-state index contributed by atoms with van der Waals surface area (Å²) in [5, 5.41) is 11.7. The zero-order valence-corrected chi connectivity index (χ0v) is 12.3. The molecule has 0 fully saturated rings. The van der Waals surface area contributed by atoms with Crippen molar-refractivity contribution in [2.75, 3.05) is 6.54 Å². The molecule has 112 valence electrons. The second-order valence-electron chi connectivity index (χ2n) is 6.39. The minimum Gasteiger partial charge on any atom is -0.308 e. The van der Waals surface area contributed by atoms with Crippen LogP contribution in [0.4, 0.5) is 8.78 Å². The van der Waals surface area contributed by atoms with Crippen molar-refractivity contribution in [3.63, 3.8) is 0 Å². The highest BCUT2D eigenvalue weighted by Crippen LogP contribution is 2.35. The van der Waals surface area contributed by atoms with Gasteiger partial charge in [0.15, 0.2) is 23.3 Å². The molecule has 21 heavy (non-hydrogen) atoms. The largest absolute Gasteiger partial charge is 0.308 e. The fraction of sp³-hybridized carbons (Fsp3) is 0.467. The fourth-order valence-corrected chi connectivity index (χ4v) is 2.73. The zero-order chi connectivity index (χ0) is 15.2. The van der Waals surface area contributed by atoms with Crippen LogP contribution in [0.5, 0.6) is 0 Å². The minimum absolute atomic E-state index is 0.0316. The molecule has 1 aromatic heterocycles. The Balaban J connectivity index is 2.12. The van der Waals surface area contributed by atoms with Crippen molar-refractivity contribution in [3.8, 4) is 11.4 Å². The lowest BCUT2D eigenvalue weighted by Gasteiger charge is -2.34. The number of nitrogens with zero attached hydrogens (tertiary/aromatic N) is 3. The standard InChI is InChI=1S/C15H18F2N4/c1-15(2,3)12-14-20-19-13(21(14)8-7-18-12)9-5-4-6-10(16)11(9)17/h4-6,12,18H,7-8H2,1-3H3.